The fraction of sp³-hybridized carbons (Fsp3) is 0.250. The van der Waals surface area contributed by atoms with E-state index in [1.165, 1.54) is 10.0 Å². The van der Waals surface area contributed by atoms with Gasteiger partial charge in [-0.3, -0.25) is 0 Å². The molecule has 3 rings (SSSR count). The van der Waals surface area contributed by atoms with E-state index in [1.807, 2.05) is 24.3 Å². The second-order valence-electron chi connectivity index (χ2n) is 4.63. The minimum absolute atomic E-state index is 0.0245. The van der Waals surface area contributed by atoms with Crippen molar-refractivity contribution in [3.63, 3.8) is 0 Å². The van der Waals surface area contributed by atoms with Crippen molar-refractivity contribution in [1.29, 1.82) is 0 Å². The summed E-state index contributed by atoms with van der Waals surface area (Å²) in [6.07, 6.45) is -0.332. The van der Waals surface area contributed by atoms with Crippen molar-refractivity contribution in [3.05, 3.63) is 66.2 Å². The predicted molar refractivity (Wildman–Crippen MR) is 76.7 cm³/mol. The Kier molecular flexibility index (Phi) is 4.00. The molecule has 0 spiro atoms. The van der Waals surface area contributed by atoms with Crippen molar-refractivity contribution < 1.29 is 9.84 Å². The Labute approximate surface area is 119 Å². The van der Waals surface area contributed by atoms with Crippen LogP contribution in [0.15, 0.2) is 60.7 Å². The van der Waals surface area contributed by atoms with Crippen LogP contribution in [0, 0.1) is 0 Å². The van der Waals surface area contributed by atoms with E-state index in [1.54, 1.807) is 0 Å². The molecule has 1 aliphatic heterocycles. The van der Waals surface area contributed by atoms with Crippen molar-refractivity contribution in [2.75, 3.05) is 6.61 Å². The standard InChI is InChI=1S/C16H16O2Se/c17-14-11-18-15(12-7-3-1-4-8-12)16(14)19-13-9-5-2-6-10-13/h1-10,14-17H,11H2/t14-,15+,16-/m0/s1. The third-order valence-corrected chi connectivity index (χ3v) is 6.16. The molecule has 1 saturated heterocycles. The van der Waals surface area contributed by atoms with Crippen LogP contribution in [0.4, 0.5) is 0 Å². The molecule has 2 aromatic carbocycles. The summed E-state index contributed by atoms with van der Waals surface area (Å²) in [6.45, 7) is 0.443. The molecular formula is C16H16O2Se. The van der Waals surface area contributed by atoms with E-state index in [2.05, 4.69) is 36.4 Å². The van der Waals surface area contributed by atoms with Gasteiger partial charge in [-0.15, -0.1) is 0 Å². The molecule has 3 heteroatoms. The summed E-state index contributed by atoms with van der Waals surface area (Å²) in [5.74, 6) is 0. The molecule has 1 heterocycles. The van der Waals surface area contributed by atoms with Crippen LogP contribution in [0.2, 0.25) is 4.82 Å². The van der Waals surface area contributed by atoms with E-state index in [4.69, 9.17) is 4.74 Å². The Morgan fingerprint density at radius 3 is 2.26 bits per heavy atom. The zero-order valence-corrected chi connectivity index (χ0v) is 12.2. The maximum atomic E-state index is 10.2. The van der Waals surface area contributed by atoms with E-state index in [9.17, 15) is 5.11 Å². The second-order valence-corrected chi connectivity index (χ2v) is 7.25. The van der Waals surface area contributed by atoms with E-state index < -0.39 is 0 Å². The molecule has 0 aromatic heterocycles. The SMILES string of the molecule is O[C@H]1CO[C@H](c2ccccc2)[C@H]1[Se]c1ccccc1. The molecule has 98 valence electrons. The number of hydrogen-bond donors (Lipinski definition) is 1. The molecule has 0 saturated carbocycles. The Morgan fingerprint density at radius 2 is 1.58 bits per heavy atom. The van der Waals surface area contributed by atoms with Crippen LogP contribution in [0.3, 0.4) is 0 Å². The van der Waals surface area contributed by atoms with Gasteiger partial charge in [0.1, 0.15) is 0 Å². The average Bonchev–Trinajstić information content (AvgIpc) is 2.82. The Hall–Kier alpha value is -1.12. The topological polar surface area (TPSA) is 29.5 Å². The fourth-order valence-corrected chi connectivity index (χ4v) is 4.89. The van der Waals surface area contributed by atoms with Crippen LogP contribution in [-0.2, 0) is 4.74 Å². The second kappa shape index (κ2) is 5.89. The normalized spacial score (nSPS) is 26.5. The Balaban J connectivity index is 1.81. The van der Waals surface area contributed by atoms with Gasteiger partial charge >= 0.3 is 119 Å². The van der Waals surface area contributed by atoms with Crippen LogP contribution < -0.4 is 4.46 Å². The number of ether oxygens (including phenoxy) is 1. The van der Waals surface area contributed by atoms with Crippen molar-refractivity contribution in [2.24, 2.45) is 0 Å². The van der Waals surface area contributed by atoms with Crippen LogP contribution in [0.1, 0.15) is 11.7 Å². The molecule has 1 aliphatic rings. The van der Waals surface area contributed by atoms with E-state index in [-0.39, 0.29) is 32.0 Å². The van der Waals surface area contributed by atoms with E-state index in [0.717, 1.165) is 0 Å². The number of hydrogen-bond acceptors (Lipinski definition) is 2. The Bertz CT molecular complexity index is 515. The summed E-state index contributed by atoms with van der Waals surface area (Å²) in [4.78, 5) is 0.192. The third kappa shape index (κ3) is 2.90. The maximum absolute atomic E-state index is 10.2. The first kappa shape index (κ1) is 12.9. The predicted octanol–water partition coefficient (Wildman–Crippen LogP) is 1.94. The van der Waals surface area contributed by atoms with Gasteiger partial charge in [0.05, 0.1) is 0 Å². The molecule has 3 atom stereocenters. The molecule has 1 N–H and O–H groups in total. The molecule has 19 heavy (non-hydrogen) atoms. The number of rotatable bonds is 3. The molecule has 2 nitrogen and oxygen atoms in total. The molecule has 0 radical (unpaired) electrons. The summed E-state index contributed by atoms with van der Waals surface area (Å²) in [7, 11) is 0. The summed E-state index contributed by atoms with van der Waals surface area (Å²) in [5, 5.41) is 10.2. The van der Waals surface area contributed by atoms with Crippen molar-refractivity contribution in [2.45, 2.75) is 17.0 Å². The van der Waals surface area contributed by atoms with Crippen LogP contribution in [0.5, 0.6) is 0 Å². The van der Waals surface area contributed by atoms with E-state index in [0.29, 0.717) is 6.61 Å². The first-order valence-electron chi connectivity index (χ1n) is 6.41. The van der Waals surface area contributed by atoms with Gasteiger partial charge in [-0.05, 0) is 0 Å². The quantitative estimate of drug-likeness (QED) is 0.876. The molecule has 0 aliphatic carbocycles. The molecule has 1 fully saturated rings. The Morgan fingerprint density at radius 1 is 0.947 bits per heavy atom. The van der Waals surface area contributed by atoms with Crippen LogP contribution >= 0.6 is 0 Å². The van der Waals surface area contributed by atoms with Crippen molar-refractivity contribution in [1.82, 2.24) is 0 Å². The van der Waals surface area contributed by atoms with E-state index >= 15 is 0 Å². The van der Waals surface area contributed by atoms with Gasteiger partial charge in [0.2, 0.25) is 0 Å². The van der Waals surface area contributed by atoms with Crippen LogP contribution in [-0.4, -0.2) is 32.8 Å². The van der Waals surface area contributed by atoms with Gasteiger partial charge in [-0.2, -0.15) is 0 Å². The first-order chi connectivity index (χ1) is 9.34. The number of aliphatic hydroxyl groups excluding tert-OH is 1. The van der Waals surface area contributed by atoms with Gasteiger partial charge in [-0.25, -0.2) is 0 Å². The minimum atomic E-state index is -0.356. The molecule has 0 bridgehead atoms. The van der Waals surface area contributed by atoms with Gasteiger partial charge in [0, 0.05) is 0 Å². The molecule has 2 aromatic rings. The molecule has 0 amide bonds. The molecule has 0 unspecified atom stereocenters. The summed E-state index contributed by atoms with van der Waals surface area (Å²) < 4.78 is 7.11. The summed E-state index contributed by atoms with van der Waals surface area (Å²) in [5.41, 5.74) is 1.17. The van der Waals surface area contributed by atoms with Gasteiger partial charge in [0.25, 0.3) is 0 Å². The average molecular weight is 319 g/mol. The summed E-state index contributed by atoms with van der Waals surface area (Å²) in [6, 6.07) is 20.6. The zero-order chi connectivity index (χ0) is 13.1. The third-order valence-electron chi connectivity index (χ3n) is 3.27. The van der Waals surface area contributed by atoms with Gasteiger partial charge < -0.3 is 0 Å². The molecular weight excluding hydrogens is 303 g/mol. The van der Waals surface area contributed by atoms with Gasteiger partial charge in [-0.1, -0.05) is 0 Å². The summed E-state index contributed by atoms with van der Waals surface area (Å²) >= 11 is 0.220. The van der Waals surface area contributed by atoms with Gasteiger partial charge in [0.15, 0.2) is 0 Å². The number of benzene rings is 2. The van der Waals surface area contributed by atoms with Crippen molar-refractivity contribution >= 4 is 19.4 Å². The zero-order valence-electron chi connectivity index (χ0n) is 10.5. The fourth-order valence-electron chi connectivity index (χ4n) is 2.32. The van der Waals surface area contributed by atoms with Crippen LogP contribution in [0.25, 0.3) is 0 Å². The number of aliphatic hydroxyl groups is 1. The first-order valence-corrected chi connectivity index (χ1v) is 8.25. The van der Waals surface area contributed by atoms with Crippen molar-refractivity contribution in [3.8, 4) is 0 Å². The monoisotopic (exact) mass is 320 g/mol.